The Labute approximate surface area is 162 Å². The minimum atomic E-state index is -0.0616. The molecule has 2 aromatic carbocycles. The highest BCUT2D eigenvalue weighted by atomic mass is 79.9. The molecule has 1 amide bonds. The maximum atomic E-state index is 12.3. The summed E-state index contributed by atoms with van der Waals surface area (Å²) in [4.78, 5) is 19.2. The lowest BCUT2D eigenvalue weighted by molar-refractivity contribution is 0.0954. The molecule has 0 atom stereocenters. The van der Waals surface area contributed by atoms with Crippen molar-refractivity contribution in [3.63, 3.8) is 0 Å². The number of benzene rings is 2. The van der Waals surface area contributed by atoms with Gasteiger partial charge in [-0.1, -0.05) is 28.1 Å². The van der Waals surface area contributed by atoms with Gasteiger partial charge in [0.1, 0.15) is 5.82 Å². The zero-order valence-corrected chi connectivity index (χ0v) is 16.7. The Morgan fingerprint density at radius 3 is 2.62 bits per heavy atom. The Hall–Kier alpha value is -2.18. The summed E-state index contributed by atoms with van der Waals surface area (Å²) in [5.41, 5.74) is 2.80. The van der Waals surface area contributed by atoms with Gasteiger partial charge in [0.25, 0.3) is 5.91 Å². The number of nitrogens with one attached hydrogen (secondary N) is 1. The lowest BCUT2D eigenvalue weighted by atomic mass is 10.2. The number of amides is 1. The third-order valence-corrected chi connectivity index (χ3v) is 4.77. The van der Waals surface area contributed by atoms with E-state index in [2.05, 4.69) is 50.9 Å². The number of imidazole rings is 1. The first kappa shape index (κ1) is 18.6. The van der Waals surface area contributed by atoms with Crippen molar-refractivity contribution in [1.82, 2.24) is 19.8 Å². The molecule has 1 aromatic heterocycles. The maximum Gasteiger partial charge on any atom is 0.251 e. The minimum absolute atomic E-state index is 0.0616. The second kappa shape index (κ2) is 8.47. The molecule has 5 nitrogen and oxygen atoms in total. The number of carbonyl (C=O) groups excluding carboxylic acids is 1. The fraction of sp³-hybridized carbons (Fsp3) is 0.300. The van der Waals surface area contributed by atoms with E-state index in [-0.39, 0.29) is 5.91 Å². The summed E-state index contributed by atoms with van der Waals surface area (Å²) in [6, 6.07) is 15.5. The Morgan fingerprint density at radius 1 is 1.15 bits per heavy atom. The van der Waals surface area contributed by atoms with Gasteiger partial charge in [0.2, 0.25) is 0 Å². The molecule has 0 bridgehead atoms. The molecule has 26 heavy (non-hydrogen) atoms. The standard InChI is InChI=1S/C20H23BrN4O/c1-24(2)13-14-25-18-6-4-3-5-17(18)23-19(25)11-12-22-20(26)15-7-9-16(21)10-8-15/h3-10H,11-14H2,1-2H3,(H,22,26). The highest BCUT2D eigenvalue weighted by molar-refractivity contribution is 9.10. The molecule has 6 heteroatoms. The molecule has 0 spiro atoms. The average molecular weight is 415 g/mol. The number of hydrogen-bond donors (Lipinski definition) is 1. The molecule has 1 heterocycles. The second-order valence-corrected chi connectivity index (χ2v) is 7.40. The number of para-hydroxylation sites is 2. The smallest absolute Gasteiger partial charge is 0.251 e. The molecule has 3 rings (SSSR count). The fourth-order valence-corrected chi connectivity index (χ4v) is 3.12. The van der Waals surface area contributed by atoms with Crippen LogP contribution in [0.3, 0.4) is 0 Å². The van der Waals surface area contributed by atoms with E-state index >= 15 is 0 Å². The van der Waals surface area contributed by atoms with Crippen LogP contribution in [0.2, 0.25) is 0 Å². The van der Waals surface area contributed by atoms with E-state index < -0.39 is 0 Å². The lowest BCUT2D eigenvalue weighted by Gasteiger charge is -2.13. The summed E-state index contributed by atoms with van der Waals surface area (Å²) in [5, 5.41) is 2.99. The molecule has 0 unspecified atom stereocenters. The van der Waals surface area contributed by atoms with E-state index in [1.807, 2.05) is 42.5 Å². The Balaban J connectivity index is 1.68. The second-order valence-electron chi connectivity index (χ2n) is 6.48. The van der Waals surface area contributed by atoms with Crippen molar-refractivity contribution in [3.05, 3.63) is 64.4 Å². The average Bonchev–Trinajstić information content (AvgIpc) is 2.98. The molecular formula is C20H23BrN4O. The van der Waals surface area contributed by atoms with Crippen molar-refractivity contribution in [2.75, 3.05) is 27.2 Å². The number of carbonyl (C=O) groups is 1. The van der Waals surface area contributed by atoms with Gasteiger partial charge in [0, 0.05) is 36.1 Å². The van der Waals surface area contributed by atoms with Gasteiger partial charge >= 0.3 is 0 Å². The van der Waals surface area contributed by atoms with Crippen molar-refractivity contribution in [2.45, 2.75) is 13.0 Å². The van der Waals surface area contributed by atoms with Crippen LogP contribution in [-0.4, -0.2) is 47.5 Å². The van der Waals surface area contributed by atoms with Gasteiger partial charge in [-0.15, -0.1) is 0 Å². The highest BCUT2D eigenvalue weighted by Gasteiger charge is 2.11. The Bertz CT molecular complexity index is 886. The molecule has 0 aliphatic rings. The van der Waals surface area contributed by atoms with Gasteiger partial charge < -0.3 is 14.8 Å². The van der Waals surface area contributed by atoms with Crippen LogP contribution in [0.4, 0.5) is 0 Å². The molecule has 0 fully saturated rings. The SMILES string of the molecule is CN(C)CCn1c(CCNC(=O)c2ccc(Br)cc2)nc2ccccc21. The van der Waals surface area contributed by atoms with Crippen LogP contribution in [0.1, 0.15) is 16.2 Å². The summed E-state index contributed by atoms with van der Waals surface area (Å²) in [7, 11) is 4.13. The monoisotopic (exact) mass is 414 g/mol. The number of fused-ring (bicyclic) bond motifs is 1. The van der Waals surface area contributed by atoms with Crippen LogP contribution in [0.5, 0.6) is 0 Å². The van der Waals surface area contributed by atoms with Crippen molar-refractivity contribution >= 4 is 32.9 Å². The number of nitrogens with zero attached hydrogens (tertiary/aromatic N) is 3. The van der Waals surface area contributed by atoms with E-state index in [0.29, 0.717) is 18.5 Å². The zero-order valence-electron chi connectivity index (χ0n) is 15.1. The summed E-state index contributed by atoms with van der Waals surface area (Å²) in [5.74, 6) is 0.942. The van der Waals surface area contributed by atoms with Gasteiger partial charge in [0.15, 0.2) is 0 Å². The lowest BCUT2D eigenvalue weighted by Crippen LogP contribution is -2.27. The van der Waals surface area contributed by atoms with Crippen LogP contribution in [0.15, 0.2) is 53.0 Å². The number of aromatic nitrogens is 2. The quantitative estimate of drug-likeness (QED) is 0.644. The summed E-state index contributed by atoms with van der Waals surface area (Å²) >= 11 is 3.38. The van der Waals surface area contributed by atoms with Crippen LogP contribution < -0.4 is 5.32 Å². The fourth-order valence-electron chi connectivity index (χ4n) is 2.86. The molecule has 0 saturated carbocycles. The van der Waals surface area contributed by atoms with Gasteiger partial charge in [0.05, 0.1) is 11.0 Å². The molecule has 0 radical (unpaired) electrons. The van der Waals surface area contributed by atoms with E-state index in [0.717, 1.165) is 34.4 Å². The van der Waals surface area contributed by atoms with E-state index in [9.17, 15) is 4.79 Å². The third-order valence-electron chi connectivity index (χ3n) is 4.25. The molecule has 0 saturated heterocycles. The normalized spacial score (nSPS) is 11.2. The molecular weight excluding hydrogens is 392 g/mol. The van der Waals surface area contributed by atoms with Crippen LogP contribution in [-0.2, 0) is 13.0 Å². The van der Waals surface area contributed by atoms with Crippen LogP contribution in [0, 0.1) is 0 Å². The minimum Gasteiger partial charge on any atom is -0.352 e. The van der Waals surface area contributed by atoms with Gasteiger partial charge in [-0.2, -0.15) is 0 Å². The number of halogens is 1. The first-order chi connectivity index (χ1) is 12.5. The number of likely N-dealkylation sites (N-methyl/N-ethyl adjacent to an activating group) is 1. The third kappa shape index (κ3) is 4.51. The summed E-state index contributed by atoms with van der Waals surface area (Å²) < 4.78 is 3.21. The predicted octanol–water partition coefficient (Wildman–Crippen LogP) is 3.33. The predicted molar refractivity (Wildman–Crippen MR) is 108 cm³/mol. The molecule has 136 valence electrons. The van der Waals surface area contributed by atoms with Crippen LogP contribution >= 0.6 is 15.9 Å². The molecule has 3 aromatic rings. The van der Waals surface area contributed by atoms with Gasteiger partial charge in [-0.25, -0.2) is 4.98 Å². The van der Waals surface area contributed by atoms with Crippen molar-refractivity contribution < 1.29 is 4.79 Å². The van der Waals surface area contributed by atoms with Gasteiger partial charge in [-0.3, -0.25) is 4.79 Å². The Kier molecular flexibility index (Phi) is 6.06. The van der Waals surface area contributed by atoms with E-state index in [4.69, 9.17) is 4.98 Å². The Morgan fingerprint density at radius 2 is 1.88 bits per heavy atom. The zero-order chi connectivity index (χ0) is 18.5. The molecule has 1 N–H and O–H groups in total. The summed E-state index contributed by atoms with van der Waals surface area (Å²) in [6.07, 6.45) is 0.699. The topological polar surface area (TPSA) is 50.2 Å². The number of hydrogen-bond acceptors (Lipinski definition) is 3. The molecule has 0 aliphatic carbocycles. The summed E-state index contributed by atoms with van der Waals surface area (Å²) in [6.45, 7) is 2.38. The van der Waals surface area contributed by atoms with Crippen molar-refractivity contribution in [2.24, 2.45) is 0 Å². The first-order valence-corrected chi connectivity index (χ1v) is 9.46. The number of rotatable bonds is 7. The van der Waals surface area contributed by atoms with E-state index in [1.165, 1.54) is 0 Å². The first-order valence-electron chi connectivity index (χ1n) is 8.67. The molecule has 0 aliphatic heterocycles. The van der Waals surface area contributed by atoms with Crippen molar-refractivity contribution in [1.29, 1.82) is 0 Å². The maximum absolute atomic E-state index is 12.3. The van der Waals surface area contributed by atoms with Gasteiger partial charge in [-0.05, 0) is 50.5 Å². The largest absolute Gasteiger partial charge is 0.352 e. The van der Waals surface area contributed by atoms with Crippen molar-refractivity contribution in [3.8, 4) is 0 Å². The highest BCUT2D eigenvalue weighted by Crippen LogP contribution is 2.16. The van der Waals surface area contributed by atoms with E-state index in [1.54, 1.807) is 0 Å². The van der Waals surface area contributed by atoms with Crippen LogP contribution in [0.25, 0.3) is 11.0 Å².